The molecular weight excluding hydrogens is 214 g/mol. The van der Waals surface area contributed by atoms with E-state index in [1.165, 1.54) is 14.7 Å². The minimum Gasteiger partial charge on any atom is -0.290 e. The first kappa shape index (κ1) is 13.4. The van der Waals surface area contributed by atoms with Gasteiger partial charge < -0.3 is 0 Å². The van der Waals surface area contributed by atoms with Crippen LogP contribution in [0.5, 0.6) is 0 Å². The lowest BCUT2D eigenvalue weighted by atomic mass is 10.0. The van der Waals surface area contributed by atoms with E-state index < -0.39 is 0 Å². The van der Waals surface area contributed by atoms with E-state index in [1.54, 1.807) is 0 Å². The molecule has 0 bridgehead atoms. The zero-order chi connectivity index (χ0) is 11.3. The summed E-state index contributed by atoms with van der Waals surface area (Å²) in [5, 5.41) is 0. The molecule has 0 aromatic heterocycles. The molecule has 0 N–H and O–H groups in total. The van der Waals surface area contributed by atoms with Crippen LogP contribution in [-0.4, -0.2) is 5.52 Å². The van der Waals surface area contributed by atoms with Gasteiger partial charge in [-0.25, -0.2) is 0 Å². The van der Waals surface area contributed by atoms with Gasteiger partial charge in [0.2, 0.25) is 0 Å². The number of hydrogen-bond donors (Lipinski definition) is 0. The van der Waals surface area contributed by atoms with Crippen LogP contribution in [0.25, 0.3) is 0 Å². The second kappa shape index (κ2) is 6.01. The van der Waals surface area contributed by atoms with Gasteiger partial charge in [-0.1, -0.05) is 31.5 Å². The standard InChI is InChI=1S/C10H13OP.H2OP/c1-6-4-7(2)9(10(11)12)8(3)5-6;1-2/h4-5H,12H2,1-3H3;2H2/q;+1. The maximum absolute atomic E-state index is 11.2. The summed E-state index contributed by atoms with van der Waals surface area (Å²) >= 11 is 0. The van der Waals surface area contributed by atoms with Crippen LogP contribution in [0, 0.1) is 20.8 Å². The molecule has 0 radical (unpaired) electrons. The van der Waals surface area contributed by atoms with E-state index in [9.17, 15) is 4.79 Å². The molecule has 14 heavy (non-hydrogen) atoms. The molecule has 0 saturated heterocycles. The Morgan fingerprint density at radius 1 is 1.14 bits per heavy atom. The lowest BCUT2D eigenvalue weighted by Gasteiger charge is -2.06. The highest BCUT2D eigenvalue weighted by Crippen LogP contribution is 2.18. The molecule has 0 fully saturated rings. The Bertz CT molecular complexity index is 325. The van der Waals surface area contributed by atoms with Gasteiger partial charge in [0.25, 0.3) is 0 Å². The normalized spacial score (nSPS) is 8.86. The zero-order valence-corrected chi connectivity index (χ0v) is 10.9. The van der Waals surface area contributed by atoms with Crippen LogP contribution in [0.2, 0.25) is 0 Å². The predicted octanol–water partition coefficient (Wildman–Crippen LogP) is 2.83. The van der Waals surface area contributed by atoms with Gasteiger partial charge in [0.15, 0.2) is 5.52 Å². The molecule has 2 unspecified atom stereocenters. The van der Waals surface area contributed by atoms with Crippen molar-refractivity contribution in [3.63, 3.8) is 0 Å². The average Bonchev–Trinajstić information content (AvgIpc) is 2.04. The molecule has 0 amide bonds. The van der Waals surface area contributed by atoms with Crippen LogP contribution in [0.1, 0.15) is 27.0 Å². The summed E-state index contributed by atoms with van der Waals surface area (Å²) in [6.07, 6.45) is 0. The summed E-state index contributed by atoms with van der Waals surface area (Å²) in [6.45, 7) is 5.98. The summed E-state index contributed by atoms with van der Waals surface area (Å²) in [5.74, 6) is 0. The van der Waals surface area contributed by atoms with Crippen molar-refractivity contribution in [1.82, 2.24) is 0 Å². The summed E-state index contributed by atoms with van der Waals surface area (Å²) in [7, 11) is 3.38. The molecule has 2 nitrogen and oxygen atoms in total. The number of aryl methyl sites for hydroxylation is 3. The number of rotatable bonds is 1. The van der Waals surface area contributed by atoms with E-state index in [4.69, 9.17) is 4.57 Å². The van der Waals surface area contributed by atoms with Crippen molar-refractivity contribution < 1.29 is 9.36 Å². The fraction of sp³-hybridized carbons (Fsp3) is 0.300. The second-order valence-electron chi connectivity index (χ2n) is 3.14. The number of benzene rings is 1. The van der Waals surface area contributed by atoms with Gasteiger partial charge in [-0.15, -0.1) is 0 Å². The highest BCUT2D eigenvalue weighted by molar-refractivity contribution is 7.41. The average molecular weight is 229 g/mol. The third-order valence-electron chi connectivity index (χ3n) is 1.92. The Balaban J connectivity index is 0.000000791. The van der Waals surface area contributed by atoms with Gasteiger partial charge in [-0.2, -0.15) is 0 Å². The van der Waals surface area contributed by atoms with E-state index in [1.807, 2.05) is 32.9 Å². The Morgan fingerprint density at radius 3 is 1.79 bits per heavy atom. The van der Waals surface area contributed by atoms with E-state index in [0.717, 1.165) is 16.7 Å². The topological polar surface area (TPSA) is 34.1 Å². The quantitative estimate of drug-likeness (QED) is 0.694. The maximum Gasteiger partial charge on any atom is 0.310 e. The van der Waals surface area contributed by atoms with Crippen LogP contribution in [0.4, 0.5) is 0 Å². The molecule has 0 saturated carbocycles. The largest absolute Gasteiger partial charge is 0.310 e. The van der Waals surface area contributed by atoms with Crippen LogP contribution in [0.15, 0.2) is 12.1 Å². The number of hydrogen-bond acceptors (Lipinski definition) is 2. The highest BCUT2D eigenvalue weighted by Gasteiger charge is 2.07. The Hall–Kier alpha value is -0.580. The smallest absolute Gasteiger partial charge is 0.290 e. The first-order chi connectivity index (χ1) is 6.52. The SMILES string of the molecule is Cc1cc(C)c(C(=O)P)c(C)c1.O=[PH2+]. The van der Waals surface area contributed by atoms with Crippen LogP contribution < -0.4 is 0 Å². The van der Waals surface area contributed by atoms with Crippen LogP contribution >= 0.6 is 18.4 Å². The minimum atomic E-state index is 0.0741. The summed E-state index contributed by atoms with van der Waals surface area (Å²) in [4.78, 5) is 11.2. The molecule has 2 atom stereocenters. The highest BCUT2D eigenvalue weighted by atomic mass is 31.0. The molecule has 0 aliphatic rings. The van der Waals surface area contributed by atoms with Crippen molar-refractivity contribution >= 4 is 23.9 Å². The first-order valence-electron chi connectivity index (χ1n) is 4.13. The maximum atomic E-state index is 11.2. The Kier molecular flexibility index (Phi) is 5.76. The van der Waals surface area contributed by atoms with Gasteiger partial charge in [-0.05, 0) is 31.9 Å². The molecular formula is C10H15O2P2+. The molecule has 0 spiro atoms. The van der Waals surface area contributed by atoms with E-state index in [2.05, 4.69) is 9.24 Å². The lowest BCUT2D eigenvalue weighted by molar-refractivity contribution is 0.108. The molecule has 0 heterocycles. The van der Waals surface area contributed by atoms with Crippen molar-refractivity contribution in [2.45, 2.75) is 20.8 Å². The lowest BCUT2D eigenvalue weighted by Crippen LogP contribution is -1.97. The molecule has 1 aromatic carbocycles. The van der Waals surface area contributed by atoms with Crippen LogP contribution in [-0.2, 0) is 4.57 Å². The van der Waals surface area contributed by atoms with Crippen molar-refractivity contribution in [1.29, 1.82) is 0 Å². The van der Waals surface area contributed by atoms with Gasteiger partial charge >= 0.3 is 9.12 Å². The molecule has 0 aliphatic carbocycles. The van der Waals surface area contributed by atoms with E-state index >= 15 is 0 Å². The van der Waals surface area contributed by atoms with Gasteiger partial charge in [0.1, 0.15) is 0 Å². The summed E-state index contributed by atoms with van der Waals surface area (Å²) in [5.41, 5.74) is 4.25. The Labute approximate surface area is 88.9 Å². The third-order valence-corrected chi connectivity index (χ3v) is 2.21. The van der Waals surface area contributed by atoms with Crippen molar-refractivity contribution in [3.8, 4) is 0 Å². The number of carbonyl (C=O) groups is 1. The second-order valence-corrected chi connectivity index (χ2v) is 3.66. The fourth-order valence-corrected chi connectivity index (χ4v) is 2.02. The van der Waals surface area contributed by atoms with Crippen LogP contribution in [0.3, 0.4) is 0 Å². The molecule has 76 valence electrons. The first-order valence-corrected chi connectivity index (χ1v) is 5.18. The minimum absolute atomic E-state index is 0.0741. The van der Waals surface area contributed by atoms with E-state index in [0.29, 0.717) is 0 Å². The summed E-state index contributed by atoms with van der Waals surface area (Å²) < 4.78 is 8.17. The third kappa shape index (κ3) is 3.29. The summed E-state index contributed by atoms with van der Waals surface area (Å²) in [6, 6.07) is 4.06. The van der Waals surface area contributed by atoms with Gasteiger partial charge in [0, 0.05) is 5.56 Å². The van der Waals surface area contributed by atoms with Crippen molar-refractivity contribution in [2.75, 3.05) is 0 Å². The van der Waals surface area contributed by atoms with Gasteiger partial charge in [0.05, 0.1) is 0 Å². The fourth-order valence-electron chi connectivity index (χ4n) is 1.57. The molecule has 0 aliphatic heterocycles. The predicted molar refractivity (Wildman–Crippen MR) is 65.1 cm³/mol. The zero-order valence-electron chi connectivity index (χ0n) is 8.63. The number of carbonyl (C=O) groups excluding carboxylic acids is 1. The monoisotopic (exact) mass is 229 g/mol. The molecule has 4 heteroatoms. The van der Waals surface area contributed by atoms with Crippen molar-refractivity contribution in [2.24, 2.45) is 0 Å². The van der Waals surface area contributed by atoms with Crippen molar-refractivity contribution in [3.05, 3.63) is 34.4 Å². The Morgan fingerprint density at radius 2 is 1.50 bits per heavy atom. The molecule has 1 aromatic rings. The van der Waals surface area contributed by atoms with E-state index in [-0.39, 0.29) is 5.52 Å². The van der Waals surface area contributed by atoms with Gasteiger partial charge in [-0.3, -0.25) is 4.79 Å². The molecule has 1 rings (SSSR count).